The van der Waals surface area contributed by atoms with Crippen molar-refractivity contribution in [3.8, 4) is 44.6 Å². The van der Waals surface area contributed by atoms with E-state index in [2.05, 4.69) is 186 Å². The molecule has 12 rings (SSSR count). The largest absolute Gasteiger partial charge is 0.308 e. The highest BCUT2D eigenvalue weighted by Crippen LogP contribution is 2.44. The van der Waals surface area contributed by atoms with E-state index >= 15 is 0 Å². The Kier molecular flexibility index (Phi) is 6.34. The van der Waals surface area contributed by atoms with Gasteiger partial charge in [-0.05, 0) is 80.6 Å². The van der Waals surface area contributed by atoms with E-state index in [1.54, 1.807) is 0 Å². The van der Waals surface area contributed by atoms with Gasteiger partial charge in [0.1, 0.15) is 0 Å². The Morgan fingerprint density at radius 2 is 0.745 bits per heavy atom. The fourth-order valence-electron chi connectivity index (χ4n) is 8.93. The van der Waals surface area contributed by atoms with Crippen LogP contribution >= 0.6 is 0 Å². The van der Waals surface area contributed by atoms with Crippen molar-refractivity contribution < 1.29 is 0 Å². The Bertz CT molecular complexity index is 3420. The van der Waals surface area contributed by atoms with Crippen molar-refractivity contribution in [3.05, 3.63) is 188 Å². The van der Waals surface area contributed by atoms with Gasteiger partial charge in [-0.15, -0.1) is 0 Å². The number of rotatable bonds is 4. The molecule has 0 atom stereocenters. The summed E-state index contributed by atoms with van der Waals surface area (Å²) in [7, 11) is 0. The average molecular weight is 698 g/mol. The van der Waals surface area contributed by atoms with Gasteiger partial charge in [0, 0.05) is 37.9 Å². The van der Waals surface area contributed by atoms with E-state index in [0.29, 0.717) is 0 Å². The number of nitrogens with zero attached hydrogens (tertiary/aromatic N) is 3. The average Bonchev–Trinajstić information content (AvgIpc) is 3.78. The molecular weight excluding hydrogens is 667 g/mol. The highest BCUT2D eigenvalue weighted by atomic mass is 14.9. The molecule has 3 heteroatoms. The van der Waals surface area contributed by atoms with Crippen LogP contribution in [0.3, 0.4) is 0 Å². The molecule has 254 valence electrons. The molecule has 0 aliphatic heterocycles. The predicted molar refractivity (Wildman–Crippen MR) is 231 cm³/mol. The van der Waals surface area contributed by atoms with Gasteiger partial charge in [-0.3, -0.25) is 4.98 Å². The lowest BCUT2D eigenvalue weighted by Crippen LogP contribution is -1.92. The first-order valence-electron chi connectivity index (χ1n) is 18.8. The first kappa shape index (κ1) is 30.1. The molecule has 0 aliphatic carbocycles. The smallest absolute Gasteiger partial charge is 0.0979 e. The summed E-state index contributed by atoms with van der Waals surface area (Å²) in [5, 5.41) is 9.75. The van der Waals surface area contributed by atoms with Crippen LogP contribution in [0, 0.1) is 0 Å². The van der Waals surface area contributed by atoms with Crippen molar-refractivity contribution in [2.45, 2.75) is 0 Å². The van der Waals surface area contributed by atoms with Gasteiger partial charge in [0.05, 0.1) is 39.5 Å². The van der Waals surface area contributed by atoms with Gasteiger partial charge in [-0.25, -0.2) is 4.98 Å². The number of hydrogen-bond acceptors (Lipinski definition) is 2. The Labute approximate surface area is 316 Å². The number of hydrogen-bond donors (Lipinski definition) is 0. The molecule has 55 heavy (non-hydrogen) atoms. The molecule has 0 bridgehead atoms. The van der Waals surface area contributed by atoms with E-state index in [-0.39, 0.29) is 0 Å². The first-order valence-corrected chi connectivity index (χ1v) is 18.8. The fourth-order valence-corrected chi connectivity index (χ4v) is 8.93. The molecule has 3 nitrogen and oxygen atoms in total. The van der Waals surface area contributed by atoms with Crippen molar-refractivity contribution >= 4 is 70.7 Å². The molecule has 0 N–H and O–H groups in total. The van der Waals surface area contributed by atoms with Crippen LogP contribution in [0.25, 0.3) is 115 Å². The van der Waals surface area contributed by atoms with Crippen LogP contribution in [0.2, 0.25) is 0 Å². The van der Waals surface area contributed by atoms with Crippen LogP contribution in [-0.2, 0) is 0 Å². The molecule has 0 aliphatic rings. The Morgan fingerprint density at radius 1 is 0.309 bits per heavy atom. The van der Waals surface area contributed by atoms with E-state index in [1.165, 1.54) is 82.2 Å². The molecule has 0 fully saturated rings. The third-order valence-corrected chi connectivity index (χ3v) is 11.5. The van der Waals surface area contributed by atoms with E-state index in [0.717, 1.165) is 33.1 Å². The second-order valence-corrected chi connectivity index (χ2v) is 14.6. The molecule has 3 aromatic heterocycles. The van der Waals surface area contributed by atoms with Crippen LogP contribution in [-0.4, -0.2) is 14.4 Å². The zero-order valence-electron chi connectivity index (χ0n) is 29.7. The van der Waals surface area contributed by atoms with Gasteiger partial charge in [-0.2, -0.15) is 0 Å². The summed E-state index contributed by atoms with van der Waals surface area (Å²) in [5.74, 6) is 0. The maximum absolute atomic E-state index is 5.23. The second-order valence-electron chi connectivity index (χ2n) is 14.6. The first-order chi connectivity index (χ1) is 27.3. The molecule has 0 saturated carbocycles. The van der Waals surface area contributed by atoms with Gasteiger partial charge in [0.2, 0.25) is 0 Å². The van der Waals surface area contributed by atoms with Crippen molar-refractivity contribution in [1.82, 2.24) is 14.4 Å². The monoisotopic (exact) mass is 697 g/mol. The van der Waals surface area contributed by atoms with Crippen LogP contribution < -0.4 is 0 Å². The quantitative estimate of drug-likeness (QED) is 0.171. The van der Waals surface area contributed by atoms with Gasteiger partial charge >= 0.3 is 0 Å². The van der Waals surface area contributed by atoms with E-state index < -0.39 is 0 Å². The fraction of sp³-hybridized carbons (Fsp3) is 0. The zero-order valence-corrected chi connectivity index (χ0v) is 29.7. The third-order valence-electron chi connectivity index (χ3n) is 11.5. The molecule has 0 radical (unpaired) electrons. The highest BCUT2D eigenvalue weighted by molar-refractivity contribution is 6.25. The predicted octanol–water partition coefficient (Wildman–Crippen LogP) is 13.8. The Morgan fingerprint density at radius 3 is 1.33 bits per heavy atom. The molecule has 9 aromatic carbocycles. The molecule has 3 heterocycles. The lowest BCUT2D eigenvalue weighted by molar-refractivity contribution is 1.31. The molecule has 0 unspecified atom stereocenters. The van der Waals surface area contributed by atoms with Crippen LogP contribution in [0.15, 0.2) is 188 Å². The lowest BCUT2D eigenvalue weighted by Gasteiger charge is -2.11. The zero-order chi connectivity index (χ0) is 36.0. The van der Waals surface area contributed by atoms with Crippen LogP contribution in [0.1, 0.15) is 0 Å². The van der Waals surface area contributed by atoms with Crippen molar-refractivity contribution in [2.24, 2.45) is 0 Å². The summed E-state index contributed by atoms with van der Waals surface area (Å²) >= 11 is 0. The maximum atomic E-state index is 5.23. The summed E-state index contributed by atoms with van der Waals surface area (Å²) in [6.45, 7) is 0. The lowest BCUT2D eigenvalue weighted by atomic mass is 9.96. The van der Waals surface area contributed by atoms with Crippen molar-refractivity contribution in [3.63, 3.8) is 0 Å². The summed E-state index contributed by atoms with van der Waals surface area (Å²) in [5.41, 5.74) is 14.8. The molecule has 0 amide bonds. The third kappa shape index (κ3) is 4.50. The summed E-state index contributed by atoms with van der Waals surface area (Å²) in [4.78, 5) is 10.2. The minimum atomic E-state index is 0.871. The van der Waals surface area contributed by atoms with Crippen LogP contribution in [0.5, 0.6) is 0 Å². The van der Waals surface area contributed by atoms with E-state index in [9.17, 15) is 0 Å². The SMILES string of the molecule is c1ccc(-c2ccc3c(c2)c2cc(-c4ccccc4)cc4c5cc(-c6ccc(-c7cnc8c9ccccc9c9ccccc9c8n7)cc6)ccc5n3c24)cc1. The van der Waals surface area contributed by atoms with Crippen molar-refractivity contribution in [2.75, 3.05) is 0 Å². The topological polar surface area (TPSA) is 30.2 Å². The molecular formula is C52H31N3. The Balaban J connectivity index is 1.00. The summed E-state index contributed by atoms with van der Waals surface area (Å²) < 4.78 is 2.47. The van der Waals surface area contributed by atoms with E-state index in [4.69, 9.17) is 9.97 Å². The van der Waals surface area contributed by atoms with E-state index in [1.807, 2.05) is 6.20 Å². The summed E-state index contributed by atoms with van der Waals surface area (Å²) in [6, 6.07) is 65.9. The van der Waals surface area contributed by atoms with Crippen molar-refractivity contribution in [1.29, 1.82) is 0 Å². The van der Waals surface area contributed by atoms with Gasteiger partial charge in [-0.1, -0.05) is 146 Å². The number of fused-ring (bicyclic) bond motifs is 12. The molecule has 12 aromatic rings. The maximum Gasteiger partial charge on any atom is 0.0979 e. The molecule has 0 saturated heterocycles. The minimum Gasteiger partial charge on any atom is -0.308 e. The summed E-state index contributed by atoms with van der Waals surface area (Å²) in [6.07, 6.45) is 1.92. The van der Waals surface area contributed by atoms with Gasteiger partial charge in [0.15, 0.2) is 0 Å². The molecule has 0 spiro atoms. The minimum absolute atomic E-state index is 0.871. The van der Waals surface area contributed by atoms with Gasteiger partial charge < -0.3 is 4.40 Å². The standard InChI is InChI=1S/C52H31N3/c1-3-11-32(12-4-1)36-23-25-48-43(27-36)45-29-38(33-13-5-2-6-14-33)30-46-44-28-37(24-26-49(44)55(48)52(45)46)34-19-21-35(22-20-34)47-31-53-50-41-17-9-7-15-39(41)40-16-8-10-18-42(40)51(50)54-47/h1-31H. The number of benzene rings is 9. The van der Waals surface area contributed by atoms with Gasteiger partial charge in [0.25, 0.3) is 0 Å². The van der Waals surface area contributed by atoms with Crippen LogP contribution in [0.4, 0.5) is 0 Å². The highest BCUT2D eigenvalue weighted by Gasteiger charge is 2.20. The Hall–Kier alpha value is -7.36. The normalized spacial score (nSPS) is 12.0. The number of aromatic nitrogens is 3. The second kappa shape index (κ2) is 11.6.